The third-order valence-electron chi connectivity index (χ3n) is 3.17. The van der Waals surface area contributed by atoms with Gasteiger partial charge >= 0.3 is 0 Å². The summed E-state index contributed by atoms with van der Waals surface area (Å²) in [5.74, 6) is 0.466. The molecule has 0 spiro atoms. The number of hydrogen-bond acceptors (Lipinski definition) is 2. The molecule has 1 atom stereocenters. The lowest BCUT2D eigenvalue weighted by molar-refractivity contribution is -0.113. The molecule has 0 aliphatic rings. The van der Waals surface area contributed by atoms with Crippen molar-refractivity contribution in [1.29, 1.82) is 0 Å². The Kier molecular flexibility index (Phi) is 5.19. The molecule has 0 fully saturated rings. The fraction of sp³-hybridized carbons (Fsp3) is 0.235. The van der Waals surface area contributed by atoms with Gasteiger partial charge in [0.2, 0.25) is 5.24 Å². The first-order valence-electron chi connectivity index (χ1n) is 6.67. The highest BCUT2D eigenvalue weighted by Crippen LogP contribution is 2.28. The monoisotopic (exact) mass is 288 g/mol. The molecular formula is C17H17ClO2. The van der Waals surface area contributed by atoms with E-state index in [-0.39, 0.29) is 11.2 Å². The van der Waals surface area contributed by atoms with E-state index in [1.54, 1.807) is 0 Å². The van der Waals surface area contributed by atoms with E-state index in [4.69, 9.17) is 16.3 Å². The van der Waals surface area contributed by atoms with Crippen LogP contribution in [0.25, 0.3) is 0 Å². The molecule has 0 saturated carbocycles. The number of ether oxygens (including phenoxy) is 1. The van der Waals surface area contributed by atoms with E-state index in [2.05, 4.69) is 0 Å². The molecule has 0 heterocycles. The van der Waals surface area contributed by atoms with Crippen molar-refractivity contribution in [3.8, 4) is 5.75 Å². The molecule has 0 N–H and O–H groups in total. The van der Waals surface area contributed by atoms with Gasteiger partial charge in [0, 0.05) is 0 Å². The lowest BCUT2D eigenvalue weighted by atomic mass is 9.92. The zero-order valence-corrected chi connectivity index (χ0v) is 12.1. The smallest absolute Gasteiger partial charge is 0.229 e. The summed E-state index contributed by atoms with van der Waals surface area (Å²) in [6, 6.07) is 17.4. The Bertz CT molecular complexity index is 566. The maximum atomic E-state index is 11.7. The Morgan fingerprint density at radius 1 is 1.10 bits per heavy atom. The Morgan fingerprint density at radius 3 is 2.40 bits per heavy atom. The minimum Gasteiger partial charge on any atom is -0.494 e. The predicted octanol–water partition coefficient (Wildman–Crippen LogP) is 4.18. The number of carbonyl (C=O) groups is 1. The highest BCUT2D eigenvalue weighted by molar-refractivity contribution is 6.64. The zero-order chi connectivity index (χ0) is 14.4. The molecule has 2 rings (SSSR count). The van der Waals surface area contributed by atoms with Crippen LogP contribution in [0.15, 0.2) is 54.6 Å². The van der Waals surface area contributed by atoms with Gasteiger partial charge in [0.1, 0.15) is 5.75 Å². The van der Waals surface area contributed by atoms with Gasteiger partial charge in [-0.2, -0.15) is 0 Å². The minimum absolute atomic E-state index is 0.345. The van der Waals surface area contributed by atoms with Crippen LogP contribution in [0.1, 0.15) is 24.0 Å². The van der Waals surface area contributed by atoms with Gasteiger partial charge in [-0.3, -0.25) is 4.79 Å². The first-order chi connectivity index (χ1) is 9.72. The summed E-state index contributed by atoms with van der Waals surface area (Å²) < 4.78 is 5.60. The van der Waals surface area contributed by atoms with Gasteiger partial charge in [-0.05, 0) is 42.1 Å². The van der Waals surface area contributed by atoms with Crippen molar-refractivity contribution >= 4 is 16.8 Å². The molecule has 0 bridgehead atoms. The Balaban J connectivity index is 2.28. The topological polar surface area (TPSA) is 26.3 Å². The van der Waals surface area contributed by atoms with E-state index in [1.165, 1.54) is 0 Å². The van der Waals surface area contributed by atoms with Gasteiger partial charge in [-0.15, -0.1) is 0 Å². The summed E-state index contributed by atoms with van der Waals surface area (Å²) in [7, 11) is 0. The number of carbonyl (C=O) groups excluding carboxylic acids is 1. The largest absolute Gasteiger partial charge is 0.494 e. The van der Waals surface area contributed by atoms with E-state index >= 15 is 0 Å². The van der Waals surface area contributed by atoms with Gasteiger partial charge in [0.05, 0.1) is 12.5 Å². The first kappa shape index (κ1) is 14.6. The second kappa shape index (κ2) is 7.11. The van der Waals surface area contributed by atoms with Crippen molar-refractivity contribution in [3.63, 3.8) is 0 Å². The molecule has 20 heavy (non-hydrogen) atoms. The van der Waals surface area contributed by atoms with Crippen molar-refractivity contribution < 1.29 is 9.53 Å². The van der Waals surface area contributed by atoms with E-state index in [0.717, 1.165) is 16.9 Å². The average Bonchev–Trinajstić information content (AvgIpc) is 2.47. The Labute approximate surface area is 124 Å². The summed E-state index contributed by atoms with van der Waals surface area (Å²) in [6.45, 7) is 2.54. The number of halogens is 1. The van der Waals surface area contributed by atoms with E-state index in [9.17, 15) is 4.79 Å². The molecular weight excluding hydrogens is 272 g/mol. The summed E-state index contributed by atoms with van der Waals surface area (Å²) in [6.07, 6.45) is 0.544. The SMILES string of the molecule is CCOc1ccccc1CC(C(=O)Cl)c1ccccc1. The lowest BCUT2D eigenvalue weighted by Crippen LogP contribution is -2.11. The number of rotatable bonds is 6. The third kappa shape index (κ3) is 3.61. The highest BCUT2D eigenvalue weighted by atomic mass is 35.5. The fourth-order valence-corrected chi connectivity index (χ4v) is 2.41. The van der Waals surface area contributed by atoms with E-state index < -0.39 is 0 Å². The predicted molar refractivity (Wildman–Crippen MR) is 81.4 cm³/mol. The van der Waals surface area contributed by atoms with E-state index in [1.807, 2.05) is 61.5 Å². The van der Waals surface area contributed by atoms with Crippen molar-refractivity contribution in [3.05, 3.63) is 65.7 Å². The molecule has 0 saturated heterocycles. The normalized spacial score (nSPS) is 11.9. The van der Waals surface area contributed by atoms with Crippen LogP contribution >= 0.6 is 11.6 Å². The highest BCUT2D eigenvalue weighted by Gasteiger charge is 2.20. The van der Waals surface area contributed by atoms with Gasteiger partial charge in [0.15, 0.2) is 0 Å². The van der Waals surface area contributed by atoms with Crippen LogP contribution in [0, 0.1) is 0 Å². The molecule has 0 radical (unpaired) electrons. The third-order valence-corrected chi connectivity index (χ3v) is 3.44. The Hall–Kier alpha value is -1.80. The Morgan fingerprint density at radius 2 is 1.75 bits per heavy atom. The van der Waals surface area contributed by atoms with E-state index in [0.29, 0.717) is 13.0 Å². The van der Waals surface area contributed by atoms with Gasteiger partial charge in [-0.1, -0.05) is 48.5 Å². The van der Waals surface area contributed by atoms with Crippen molar-refractivity contribution in [1.82, 2.24) is 0 Å². The summed E-state index contributed by atoms with van der Waals surface area (Å²) in [5, 5.41) is -0.345. The second-order valence-corrected chi connectivity index (χ2v) is 4.88. The first-order valence-corrected chi connectivity index (χ1v) is 7.05. The molecule has 1 unspecified atom stereocenters. The van der Waals surface area contributed by atoms with Crippen LogP contribution in [0.3, 0.4) is 0 Å². The van der Waals surface area contributed by atoms with Gasteiger partial charge < -0.3 is 4.74 Å². The molecule has 2 nitrogen and oxygen atoms in total. The van der Waals surface area contributed by atoms with Crippen LogP contribution in [0.4, 0.5) is 0 Å². The lowest BCUT2D eigenvalue weighted by Gasteiger charge is -2.16. The van der Waals surface area contributed by atoms with Gasteiger partial charge in [-0.25, -0.2) is 0 Å². The summed E-state index contributed by atoms with van der Waals surface area (Å²) >= 11 is 5.78. The number of para-hydroxylation sites is 1. The minimum atomic E-state index is -0.348. The fourth-order valence-electron chi connectivity index (χ4n) is 2.20. The maximum absolute atomic E-state index is 11.7. The molecule has 104 valence electrons. The van der Waals surface area contributed by atoms with Gasteiger partial charge in [0.25, 0.3) is 0 Å². The van der Waals surface area contributed by atoms with Crippen LogP contribution in [-0.4, -0.2) is 11.8 Å². The van der Waals surface area contributed by atoms with Crippen LogP contribution in [0.2, 0.25) is 0 Å². The van der Waals surface area contributed by atoms with Crippen molar-refractivity contribution in [2.45, 2.75) is 19.3 Å². The standard InChI is InChI=1S/C17H17ClO2/c1-2-20-16-11-7-6-10-14(16)12-15(17(18)19)13-8-4-3-5-9-13/h3-11,15H,2,12H2,1H3. The second-order valence-electron chi connectivity index (χ2n) is 4.51. The molecule has 0 aromatic heterocycles. The zero-order valence-electron chi connectivity index (χ0n) is 11.4. The quantitative estimate of drug-likeness (QED) is 0.746. The maximum Gasteiger partial charge on any atom is 0.229 e. The molecule has 0 amide bonds. The van der Waals surface area contributed by atoms with Crippen LogP contribution < -0.4 is 4.74 Å². The molecule has 3 heteroatoms. The summed E-state index contributed by atoms with van der Waals surface area (Å²) in [4.78, 5) is 11.7. The number of benzene rings is 2. The molecule has 0 aliphatic heterocycles. The van der Waals surface area contributed by atoms with Crippen LogP contribution in [0.5, 0.6) is 5.75 Å². The van der Waals surface area contributed by atoms with Crippen molar-refractivity contribution in [2.24, 2.45) is 0 Å². The van der Waals surface area contributed by atoms with Crippen LogP contribution in [-0.2, 0) is 11.2 Å². The average molecular weight is 289 g/mol. The molecule has 2 aromatic carbocycles. The summed E-state index contributed by atoms with van der Waals surface area (Å²) in [5.41, 5.74) is 1.93. The molecule has 0 aliphatic carbocycles. The number of hydrogen-bond donors (Lipinski definition) is 0. The molecule has 2 aromatic rings. The van der Waals surface area contributed by atoms with Crippen molar-refractivity contribution in [2.75, 3.05) is 6.61 Å².